The fourth-order valence-electron chi connectivity index (χ4n) is 2.86. The predicted octanol–water partition coefficient (Wildman–Crippen LogP) is 5.08. The maximum Gasteiger partial charge on any atom is 0.255 e. The Hall–Kier alpha value is -1.32. The first-order valence-electron chi connectivity index (χ1n) is 6.98. The standard InChI is InChI=1S/C17H15BrClNO/c18-15-8-2-1-7-14(15)17(21)20-10-4-9-16(20)12-5-3-6-13(19)11-12/h1-3,5-8,11,16H,4,9-10H2. The van der Waals surface area contributed by atoms with Gasteiger partial charge < -0.3 is 4.90 Å². The van der Waals surface area contributed by atoms with Crippen LogP contribution in [-0.4, -0.2) is 17.4 Å². The normalized spacial score (nSPS) is 18.0. The van der Waals surface area contributed by atoms with Crippen LogP contribution < -0.4 is 0 Å². The Morgan fingerprint density at radius 1 is 1.19 bits per heavy atom. The number of hydrogen-bond donors (Lipinski definition) is 0. The van der Waals surface area contributed by atoms with Crippen molar-refractivity contribution in [1.29, 1.82) is 0 Å². The van der Waals surface area contributed by atoms with Crippen molar-refractivity contribution in [3.63, 3.8) is 0 Å². The highest BCUT2D eigenvalue weighted by atomic mass is 79.9. The number of halogens is 2. The number of hydrogen-bond acceptors (Lipinski definition) is 1. The highest BCUT2D eigenvalue weighted by Crippen LogP contribution is 2.34. The van der Waals surface area contributed by atoms with Crippen LogP contribution in [0.15, 0.2) is 53.0 Å². The summed E-state index contributed by atoms with van der Waals surface area (Å²) in [6.07, 6.45) is 2.00. The highest BCUT2D eigenvalue weighted by Gasteiger charge is 2.31. The molecule has 1 saturated heterocycles. The first-order chi connectivity index (χ1) is 10.2. The van der Waals surface area contributed by atoms with Gasteiger partial charge in [0.05, 0.1) is 11.6 Å². The first-order valence-corrected chi connectivity index (χ1v) is 8.15. The Balaban J connectivity index is 1.91. The lowest BCUT2D eigenvalue weighted by Gasteiger charge is -2.25. The van der Waals surface area contributed by atoms with Crippen molar-refractivity contribution in [3.8, 4) is 0 Å². The Kier molecular flexibility index (Phi) is 4.32. The lowest BCUT2D eigenvalue weighted by molar-refractivity contribution is 0.0734. The minimum atomic E-state index is 0.0740. The molecule has 1 fully saturated rings. The molecule has 1 unspecified atom stereocenters. The molecule has 0 saturated carbocycles. The van der Waals surface area contributed by atoms with E-state index in [-0.39, 0.29) is 11.9 Å². The third kappa shape index (κ3) is 2.99. The van der Waals surface area contributed by atoms with E-state index in [0.29, 0.717) is 10.6 Å². The van der Waals surface area contributed by atoms with Gasteiger partial charge in [-0.2, -0.15) is 0 Å². The molecular weight excluding hydrogens is 350 g/mol. The number of amides is 1. The minimum Gasteiger partial charge on any atom is -0.332 e. The largest absolute Gasteiger partial charge is 0.332 e. The van der Waals surface area contributed by atoms with E-state index >= 15 is 0 Å². The molecule has 108 valence electrons. The summed E-state index contributed by atoms with van der Waals surface area (Å²) in [7, 11) is 0. The van der Waals surface area contributed by atoms with Crippen LogP contribution in [0.25, 0.3) is 0 Å². The average molecular weight is 365 g/mol. The first kappa shape index (κ1) is 14.6. The second-order valence-corrected chi connectivity index (χ2v) is 6.48. The molecule has 0 spiro atoms. The fourth-order valence-corrected chi connectivity index (χ4v) is 3.51. The van der Waals surface area contributed by atoms with E-state index in [0.717, 1.165) is 29.4 Å². The van der Waals surface area contributed by atoms with Crippen molar-refractivity contribution < 1.29 is 4.79 Å². The Labute approximate surface area is 137 Å². The molecule has 2 aromatic rings. The van der Waals surface area contributed by atoms with Crippen LogP contribution in [0.4, 0.5) is 0 Å². The van der Waals surface area contributed by atoms with E-state index in [1.54, 1.807) is 0 Å². The van der Waals surface area contributed by atoms with Crippen molar-refractivity contribution in [1.82, 2.24) is 4.90 Å². The maximum absolute atomic E-state index is 12.8. The van der Waals surface area contributed by atoms with Crippen molar-refractivity contribution in [2.45, 2.75) is 18.9 Å². The van der Waals surface area contributed by atoms with Crippen LogP contribution in [0.1, 0.15) is 34.8 Å². The van der Waals surface area contributed by atoms with E-state index in [9.17, 15) is 4.79 Å². The molecule has 1 aliphatic heterocycles. The molecule has 0 bridgehead atoms. The predicted molar refractivity (Wildman–Crippen MR) is 88.6 cm³/mol. The van der Waals surface area contributed by atoms with Crippen LogP contribution in [0.2, 0.25) is 5.02 Å². The number of likely N-dealkylation sites (tertiary alicyclic amines) is 1. The molecule has 21 heavy (non-hydrogen) atoms. The SMILES string of the molecule is O=C(c1ccccc1Br)N1CCCC1c1cccc(Cl)c1. The van der Waals surface area contributed by atoms with Gasteiger partial charge in [-0.05, 0) is 58.6 Å². The van der Waals surface area contributed by atoms with Crippen LogP contribution in [-0.2, 0) is 0 Å². The minimum absolute atomic E-state index is 0.0740. The average Bonchev–Trinajstić information content (AvgIpc) is 2.96. The van der Waals surface area contributed by atoms with Gasteiger partial charge in [-0.25, -0.2) is 0 Å². The van der Waals surface area contributed by atoms with Gasteiger partial charge in [-0.15, -0.1) is 0 Å². The van der Waals surface area contributed by atoms with Gasteiger partial charge in [0.15, 0.2) is 0 Å². The van der Waals surface area contributed by atoms with Gasteiger partial charge in [-0.1, -0.05) is 35.9 Å². The number of benzene rings is 2. The van der Waals surface area contributed by atoms with E-state index < -0.39 is 0 Å². The molecule has 1 heterocycles. The molecule has 0 aromatic heterocycles. The summed E-state index contributed by atoms with van der Waals surface area (Å²) in [5, 5.41) is 0.715. The molecule has 3 rings (SSSR count). The van der Waals surface area contributed by atoms with E-state index in [1.165, 1.54) is 0 Å². The van der Waals surface area contributed by atoms with Crippen molar-refractivity contribution >= 4 is 33.4 Å². The van der Waals surface area contributed by atoms with E-state index in [4.69, 9.17) is 11.6 Å². The second-order valence-electron chi connectivity index (χ2n) is 5.19. The summed E-state index contributed by atoms with van der Waals surface area (Å²) >= 11 is 9.55. The summed E-state index contributed by atoms with van der Waals surface area (Å²) < 4.78 is 0.840. The number of rotatable bonds is 2. The van der Waals surface area contributed by atoms with Gasteiger partial charge in [0.1, 0.15) is 0 Å². The third-order valence-corrected chi connectivity index (χ3v) is 4.78. The zero-order valence-electron chi connectivity index (χ0n) is 11.4. The quantitative estimate of drug-likeness (QED) is 0.727. The molecule has 1 aliphatic rings. The Bertz CT molecular complexity index is 673. The van der Waals surface area contributed by atoms with Crippen molar-refractivity contribution in [2.75, 3.05) is 6.54 Å². The van der Waals surface area contributed by atoms with Crippen LogP contribution in [0, 0.1) is 0 Å². The van der Waals surface area contributed by atoms with Gasteiger partial charge in [-0.3, -0.25) is 4.79 Å². The smallest absolute Gasteiger partial charge is 0.255 e. The molecule has 2 aromatic carbocycles. The van der Waals surface area contributed by atoms with Crippen LogP contribution in [0.5, 0.6) is 0 Å². The second kappa shape index (κ2) is 6.20. The molecule has 0 radical (unpaired) electrons. The van der Waals surface area contributed by atoms with Crippen LogP contribution >= 0.6 is 27.5 Å². The molecule has 0 aliphatic carbocycles. The fraction of sp³-hybridized carbons (Fsp3) is 0.235. The summed E-state index contributed by atoms with van der Waals surface area (Å²) in [5.74, 6) is 0.0740. The molecule has 0 N–H and O–H groups in total. The maximum atomic E-state index is 12.8. The summed E-state index contributed by atoms with van der Waals surface area (Å²) in [6, 6.07) is 15.5. The highest BCUT2D eigenvalue weighted by molar-refractivity contribution is 9.10. The van der Waals surface area contributed by atoms with Crippen LogP contribution in [0.3, 0.4) is 0 Å². The molecule has 1 amide bonds. The number of nitrogens with zero attached hydrogens (tertiary/aromatic N) is 1. The molecule has 1 atom stereocenters. The molecular formula is C17H15BrClNO. The molecule has 2 nitrogen and oxygen atoms in total. The lowest BCUT2D eigenvalue weighted by atomic mass is 10.0. The van der Waals surface area contributed by atoms with Crippen molar-refractivity contribution in [3.05, 3.63) is 69.2 Å². The zero-order valence-corrected chi connectivity index (χ0v) is 13.8. The third-order valence-electron chi connectivity index (χ3n) is 3.85. The Morgan fingerprint density at radius 2 is 2.00 bits per heavy atom. The monoisotopic (exact) mass is 363 g/mol. The van der Waals surface area contributed by atoms with Gasteiger partial charge in [0.2, 0.25) is 0 Å². The van der Waals surface area contributed by atoms with Gasteiger partial charge in [0.25, 0.3) is 5.91 Å². The van der Waals surface area contributed by atoms with E-state index in [1.807, 2.05) is 53.4 Å². The van der Waals surface area contributed by atoms with Gasteiger partial charge >= 0.3 is 0 Å². The summed E-state index contributed by atoms with van der Waals surface area (Å²) in [6.45, 7) is 0.789. The summed E-state index contributed by atoms with van der Waals surface area (Å²) in [4.78, 5) is 14.7. The van der Waals surface area contributed by atoms with Gasteiger partial charge in [0, 0.05) is 16.0 Å². The number of carbonyl (C=O) groups excluding carboxylic acids is 1. The lowest BCUT2D eigenvalue weighted by Crippen LogP contribution is -2.30. The topological polar surface area (TPSA) is 20.3 Å². The number of carbonyl (C=O) groups is 1. The zero-order chi connectivity index (χ0) is 14.8. The summed E-state index contributed by atoms with van der Waals surface area (Å²) in [5.41, 5.74) is 1.83. The molecule has 4 heteroatoms. The van der Waals surface area contributed by atoms with Crippen molar-refractivity contribution in [2.24, 2.45) is 0 Å². The van der Waals surface area contributed by atoms with E-state index in [2.05, 4.69) is 15.9 Å². The Morgan fingerprint density at radius 3 is 2.76 bits per heavy atom.